The molecular formula is C12H10F3NO3. The first-order chi connectivity index (χ1) is 8.86. The summed E-state index contributed by atoms with van der Waals surface area (Å²) in [6.45, 7) is 3.30. The van der Waals surface area contributed by atoms with E-state index in [4.69, 9.17) is 5.11 Å². The van der Waals surface area contributed by atoms with Crippen LogP contribution in [0.2, 0.25) is 0 Å². The standard InChI is InChI=1S/C12H10F3NO3/c1-2-3-9(12(18)19)16-11(17)10-7(14)4-6(13)5-8(10)15/h2,4-5,9H,1,3H2,(H,16,17)(H,18,19)/t9-/m1/s1. The molecule has 2 N–H and O–H groups in total. The Morgan fingerprint density at radius 1 is 1.32 bits per heavy atom. The first kappa shape index (κ1) is 14.7. The van der Waals surface area contributed by atoms with Crippen molar-refractivity contribution in [2.75, 3.05) is 0 Å². The third kappa shape index (κ3) is 3.57. The van der Waals surface area contributed by atoms with Crippen LogP contribution in [0.4, 0.5) is 13.2 Å². The Morgan fingerprint density at radius 3 is 2.26 bits per heavy atom. The van der Waals surface area contributed by atoms with E-state index in [0.717, 1.165) is 0 Å². The summed E-state index contributed by atoms with van der Waals surface area (Å²) in [6.07, 6.45) is 1.11. The SMILES string of the molecule is C=CC[C@@H](NC(=O)c1c(F)cc(F)cc1F)C(=O)O. The number of aliphatic carboxylic acids is 1. The molecule has 1 amide bonds. The molecule has 1 aromatic carbocycles. The van der Waals surface area contributed by atoms with E-state index >= 15 is 0 Å². The third-order valence-electron chi connectivity index (χ3n) is 2.24. The average Bonchev–Trinajstić information content (AvgIpc) is 2.26. The zero-order valence-electron chi connectivity index (χ0n) is 9.62. The minimum Gasteiger partial charge on any atom is -0.480 e. The number of nitrogens with one attached hydrogen (secondary N) is 1. The number of carbonyl (C=O) groups excluding carboxylic acids is 1. The van der Waals surface area contributed by atoms with Crippen LogP contribution in [0.5, 0.6) is 0 Å². The Morgan fingerprint density at radius 2 is 1.84 bits per heavy atom. The topological polar surface area (TPSA) is 66.4 Å². The second-order valence-corrected chi connectivity index (χ2v) is 3.63. The summed E-state index contributed by atoms with van der Waals surface area (Å²) >= 11 is 0. The van der Waals surface area contributed by atoms with Crippen molar-refractivity contribution in [2.45, 2.75) is 12.5 Å². The molecule has 0 aromatic heterocycles. The number of carboxylic acid groups (broad SMARTS) is 1. The van der Waals surface area contributed by atoms with Crippen molar-refractivity contribution in [3.05, 3.63) is 47.8 Å². The molecule has 19 heavy (non-hydrogen) atoms. The molecule has 0 aliphatic heterocycles. The summed E-state index contributed by atoms with van der Waals surface area (Å²) < 4.78 is 39.2. The Bertz CT molecular complexity index is 508. The van der Waals surface area contributed by atoms with Gasteiger partial charge in [0.15, 0.2) is 0 Å². The molecule has 1 aromatic rings. The van der Waals surface area contributed by atoms with E-state index in [2.05, 4.69) is 6.58 Å². The van der Waals surface area contributed by atoms with Crippen molar-refractivity contribution in [3.63, 3.8) is 0 Å². The third-order valence-corrected chi connectivity index (χ3v) is 2.24. The monoisotopic (exact) mass is 273 g/mol. The van der Waals surface area contributed by atoms with E-state index in [1.807, 2.05) is 5.32 Å². The number of halogens is 3. The summed E-state index contributed by atoms with van der Waals surface area (Å²) in [5.41, 5.74) is -1.03. The second kappa shape index (κ2) is 6.03. The summed E-state index contributed by atoms with van der Waals surface area (Å²) in [6, 6.07) is -0.698. The van der Waals surface area contributed by atoms with Crippen molar-refractivity contribution < 1.29 is 27.9 Å². The van der Waals surface area contributed by atoms with Gasteiger partial charge in [-0.05, 0) is 6.42 Å². The molecular weight excluding hydrogens is 263 g/mol. The minimum absolute atomic E-state index is 0.120. The van der Waals surface area contributed by atoms with Gasteiger partial charge in [0.05, 0.1) is 0 Å². The largest absolute Gasteiger partial charge is 0.480 e. The van der Waals surface area contributed by atoms with E-state index in [1.54, 1.807) is 0 Å². The molecule has 0 saturated carbocycles. The van der Waals surface area contributed by atoms with Crippen molar-refractivity contribution in [1.29, 1.82) is 0 Å². The summed E-state index contributed by atoms with van der Waals surface area (Å²) in [5, 5.41) is 10.7. The number of hydrogen-bond acceptors (Lipinski definition) is 2. The lowest BCUT2D eigenvalue weighted by Gasteiger charge is -2.13. The molecule has 0 heterocycles. The molecule has 4 nitrogen and oxygen atoms in total. The van der Waals surface area contributed by atoms with Crippen LogP contribution in [0.1, 0.15) is 16.8 Å². The van der Waals surface area contributed by atoms with Crippen LogP contribution >= 0.6 is 0 Å². The van der Waals surface area contributed by atoms with E-state index in [1.165, 1.54) is 6.08 Å². The predicted molar refractivity (Wildman–Crippen MR) is 60.0 cm³/mol. The highest BCUT2D eigenvalue weighted by atomic mass is 19.1. The van der Waals surface area contributed by atoms with Gasteiger partial charge in [0.25, 0.3) is 5.91 Å². The molecule has 0 aliphatic rings. The Kier molecular flexibility index (Phi) is 4.68. The van der Waals surface area contributed by atoms with Gasteiger partial charge in [0.2, 0.25) is 0 Å². The highest BCUT2D eigenvalue weighted by Crippen LogP contribution is 2.15. The quantitative estimate of drug-likeness (QED) is 0.805. The van der Waals surface area contributed by atoms with Crippen LogP contribution in [0.15, 0.2) is 24.8 Å². The average molecular weight is 273 g/mol. The smallest absolute Gasteiger partial charge is 0.326 e. The minimum atomic E-state index is -1.40. The van der Waals surface area contributed by atoms with E-state index in [-0.39, 0.29) is 6.42 Å². The van der Waals surface area contributed by atoms with Crippen LogP contribution in [-0.2, 0) is 4.79 Å². The van der Waals surface area contributed by atoms with Crippen LogP contribution in [0, 0.1) is 17.5 Å². The van der Waals surface area contributed by atoms with Gasteiger partial charge in [-0.25, -0.2) is 18.0 Å². The molecule has 0 saturated heterocycles. The number of amides is 1. The number of carboxylic acids is 1. The van der Waals surface area contributed by atoms with Crippen molar-refractivity contribution in [2.24, 2.45) is 0 Å². The molecule has 1 atom stereocenters. The van der Waals surface area contributed by atoms with Crippen molar-refractivity contribution in [1.82, 2.24) is 5.32 Å². The molecule has 102 valence electrons. The van der Waals surface area contributed by atoms with Gasteiger partial charge in [-0.2, -0.15) is 0 Å². The number of hydrogen-bond donors (Lipinski definition) is 2. The number of rotatable bonds is 5. The molecule has 0 aliphatic carbocycles. The fraction of sp³-hybridized carbons (Fsp3) is 0.167. The second-order valence-electron chi connectivity index (χ2n) is 3.63. The van der Waals surface area contributed by atoms with Gasteiger partial charge >= 0.3 is 5.97 Å². The van der Waals surface area contributed by atoms with Crippen molar-refractivity contribution in [3.8, 4) is 0 Å². The first-order valence-electron chi connectivity index (χ1n) is 5.16. The number of carbonyl (C=O) groups is 2. The first-order valence-corrected chi connectivity index (χ1v) is 5.16. The molecule has 0 spiro atoms. The highest BCUT2D eigenvalue weighted by molar-refractivity contribution is 5.97. The lowest BCUT2D eigenvalue weighted by molar-refractivity contribution is -0.139. The van der Waals surface area contributed by atoms with E-state index in [0.29, 0.717) is 12.1 Å². The summed E-state index contributed by atoms with van der Waals surface area (Å²) in [5.74, 6) is -6.64. The maximum atomic E-state index is 13.3. The van der Waals surface area contributed by atoms with Gasteiger partial charge in [-0.15, -0.1) is 6.58 Å². The van der Waals surface area contributed by atoms with E-state index in [9.17, 15) is 22.8 Å². The summed E-state index contributed by atoms with van der Waals surface area (Å²) in [7, 11) is 0. The van der Waals surface area contributed by atoms with Crippen molar-refractivity contribution >= 4 is 11.9 Å². The molecule has 1 rings (SSSR count). The van der Waals surface area contributed by atoms with Crippen LogP contribution < -0.4 is 5.32 Å². The number of benzene rings is 1. The predicted octanol–water partition coefficient (Wildman–Crippen LogP) is 1.86. The lowest BCUT2D eigenvalue weighted by atomic mass is 10.1. The van der Waals surface area contributed by atoms with Gasteiger partial charge in [-0.3, -0.25) is 4.79 Å². The van der Waals surface area contributed by atoms with Crippen LogP contribution in [0.25, 0.3) is 0 Å². The fourth-order valence-electron chi connectivity index (χ4n) is 1.38. The normalized spacial score (nSPS) is 11.7. The molecule has 0 fully saturated rings. The molecule has 0 unspecified atom stereocenters. The Labute approximate surface area is 106 Å². The fourth-order valence-corrected chi connectivity index (χ4v) is 1.38. The van der Waals surface area contributed by atoms with Gasteiger partial charge in [-0.1, -0.05) is 6.08 Å². The zero-order chi connectivity index (χ0) is 14.6. The van der Waals surface area contributed by atoms with Gasteiger partial charge in [0, 0.05) is 12.1 Å². The molecule has 7 heteroatoms. The van der Waals surface area contributed by atoms with Crippen LogP contribution in [0.3, 0.4) is 0 Å². The highest BCUT2D eigenvalue weighted by Gasteiger charge is 2.24. The van der Waals surface area contributed by atoms with E-state index < -0.39 is 40.9 Å². The van der Waals surface area contributed by atoms with Crippen LogP contribution in [-0.4, -0.2) is 23.0 Å². The maximum absolute atomic E-state index is 13.3. The Balaban J connectivity index is 3.01. The van der Waals surface area contributed by atoms with Gasteiger partial charge < -0.3 is 10.4 Å². The summed E-state index contributed by atoms with van der Waals surface area (Å²) in [4.78, 5) is 22.3. The lowest BCUT2D eigenvalue weighted by Crippen LogP contribution is -2.41. The Hall–Kier alpha value is -2.31. The molecule has 0 bridgehead atoms. The maximum Gasteiger partial charge on any atom is 0.326 e. The zero-order valence-corrected chi connectivity index (χ0v) is 9.62. The van der Waals surface area contributed by atoms with Gasteiger partial charge in [0.1, 0.15) is 29.1 Å². The molecule has 0 radical (unpaired) electrons.